The smallest absolute Gasteiger partial charge is 0.181 e. The fourth-order valence-corrected chi connectivity index (χ4v) is 5.40. The van der Waals surface area contributed by atoms with Crippen molar-refractivity contribution in [2.75, 3.05) is 6.26 Å². The van der Waals surface area contributed by atoms with Gasteiger partial charge in [0.2, 0.25) is 0 Å². The quantitative estimate of drug-likeness (QED) is 0.305. The van der Waals surface area contributed by atoms with Gasteiger partial charge < -0.3 is 0 Å². The molecule has 0 aliphatic rings. The Morgan fingerprint density at radius 1 is 0.893 bits per heavy atom. The van der Waals surface area contributed by atoms with Crippen LogP contribution in [0.5, 0.6) is 0 Å². The van der Waals surface area contributed by atoms with Gasteiger partial charge in [-0.05, 0) is 48.6 Å². The van der Waals surface area contributed by atoms with Crippen molar-refractivity contribution in [2.45, 2.75) is 26.5 Å². The fraction of sp³-hybridized carbons (Fsp3) is 0.158. The zero-order chi connectivity index (χ0) is 19.5. The number of fused-ring (bicyclic) bond motifs is 1. The van der Waals surface area contributed by atoms with E-state index in [1.807, 2.05) is 24.5 Å². The Morgan fingerprint density at radius 2 is 1.57 bits per heavy atom. The lowest BCUT2D eigenvalue weighted by Gasteiger charge is -2.09. The Kier molecular flexibility index (Phi) is 6.38. The summed E-state index contributed by atoms with van der Waals surface area (Å²) in [7, 11) is 0. The molecule has 0 saturated carbocycles. The molecular formula is C19H14Cl2N4S3. The summed E-state index contributed by atoms with van der Waals surface area (Å²) in [5.41, 5.74) is 3.63. The first-order valence-corrected chi connectivity index (χ1v) is 12.0. The first-order chi connectivity index (χ1) is 13.6. The van der Waals surface area contributed by atoms with Crippen molar-refractivity contribution in [3.05, 3.63) is 63.8 Å². The molecule has 0 radical (unpaired) electrons. The molecule has 2 aromatic heterocycles. The molecule has 0 fully saturated rings. The van der Waals surface area contributed by atoms with Crippen LogP contribution in [0.2, 0.25) is 10.0 Å². The molecule has 9 heteroatoms. The first-order valence-electron chi connectivity index (χ1n) is 8.37. The third-order valence-corrected chi connectivity index (χ3v) is 7.67. The van der Waals surface area contributed by atoms with Crippen LogP contribution in [0.25, 0.3) is 11.0 Å². The van der Waals surface area contributed by atoms with Gasteiger partial charge in [0.05, 0.1) is 26.8 Å². The Bertz CT molecular complexity index is 1120. The third kappa shape index (κ3) is 4.60. The standard InChI is InChI=1S/C19H14Cl2N4S3/c1-26-18-24-25-19(28-18)27-17-14(8-7-11-5-3-2-4-6-11)22-15-9-12(20)13(21)10-16(15)23-17/h2-6,9-10H,7-8H2,1H3. The summed E-state index contributed by atoms with van der Waals surface area (Å²) >= 11 is 17.0. The number of thioether (sulfide) groups is 1. The molecule has 0 saturated heterocycles. The van der Waals surface area contributed by atoms with Crippen LogP contribution >= 0.6 is 58.1 Å². The largest absolute Gasteiger partial charge is 0.248 e. The van der Waals surface area contributed by atoms with Gasteiger partial charge in [-0.25, -0.2) is 9.97 Å². The highest BCUT2D eigenvalue weighted by molar-refractivity contribution is 8.03. The second-order valence-corrected chi connectivity index (χ2v) is 9.94. The van der Waals surface area contributed by atoms with Crippen LogP contribution in [0.1, 0.15) is 11.3 Å². The summed E-state index contributed by atoms with van der Waals surface area (Å²) in [6.07, 6.45) is 3.63. The van der Waals surface area contributed by atoms with Gasteiger partial charge in [0.1, 0.15) is 5.03 Å². The molecule has 0 spiro atoms. The van der Waals surface area contributed by atoms with E-state index in [-0.39, 0.29) is 0 Å². The maximum absolute atomic E-state index is 6.18. The van der Waals surface area contributed by atoms with Crippen LogP contribution < -0.4 is 0 Å². The van der Waals surface area contributed by atoms with E-state index >= 15 is 0 Å². The van der Waals surface area contributed by atoms with Gasteiger partial charge in [0, 0.05) is 0 Å². The zero-order valence-corrected chi connectivity index (χ0v) is 18.7. The van der Waals surface area contributed by atoms with E-state index in [0.29, 0.717) is 10.0 Å². The molecule has 0 aliphatic heterocycles. The van der Waals surface area contributed by atoms with Crippen molar-refractivity contribution in [1.82, 2.24) is 20.2 Å². The van der Waals surface area contributed by atoms with Crippen LogP contribution in [0.4, 0.5) is 0 Å². The van der Waals surface area contributed by atoms with Crippen molar-refractivity contribution < 1.29 is 0 Å². The van der Waals surface area contributed by atoms with Crippen LogP contribution in [0.15, 0.2) is 56.2 Å². The highest BCUT2D eigenvalue weighted by Gasteiger charge is 2.15. The van der Waals surface area contributed by atoms with E-state index in [9.17, 15) is 0 Å². The molecule has 0 aliphatic carbocycles. The van der Waals surface area contributed by atoms with Gasteiger partial charge in [-0.3, -0.25) is 0 Å². The molecule has 0 amide bonds. The summed E-state index contributed by atoms with van der Waals surface area (Å²) in [6.45, 7) is 0. The molecule has 28 heavy (non-hydrogen) atoms. The molecular weight excluding hydrogens is 451 g/mol. The monoisotopic (exact) mass is 464 g/mol. The van der Waals surface area contributed by atoms with Crippen molar-refractivity contribution in [2.24, 2.45) is 0 Å². The molecule has 0 atom stereocenters. The molecule has 4 rings (SSSR count). The van der Waals surface area contributed by atoms with Crippen molar-refractivity contribution in [3.8, 4) is 0 Å². The van der Waals surface area contributed by atoms with E-state index in [2.05, 4.69) is 22.3 Å². The number of aromatic nitrogens is 4. The van der Waals surface area contributed by atoms with Crippen LogP contribution in [-0.2, 0) is 12.8 Å². The number of rotatable bonds is 6. The molecule has 4 aromatic rings. The minimum absolute atomic E-state index is 0.469. The second-order valence-electron chi connectivity index (χ2n) is 5.86. The first kappa shape index (κ1) is 19.9. The van der Waals surface area contributed by atoms with Gasteiger partial charge in [0.25, 0.3) is 0 Å². The summed E-state index contributed by atoms with van der Waals surface area (Å²) in [5, 5.41) is 10.2. The lowest BCUT2D eigenvalue weighted by atomic mass is 10.1. The number of hydrogen-bond acceptors (Lipinski definition) is 7. The summed E-state index contributed by atoms with van der Waals surface area (Å²) < 4.78 is 1.77. The van der Waals surface area contributed by atoms with Crippen LogP contribution in [0.3, 0.4) is 0 Å². The SMILES string of the molecule is CSc1nnc(Sc2nc3cc(Cl)c(Cl)cc3nc2CCc2ccccc2)s1. The van der Waals surface area contributed by atoms with Crippen molar-refractivity contribution in [3.63, 3.8) is 0 Å². The zero-order valence-electron chi connectivity index (χ0n) is 14.7. The van der Waals surface area contributed by atoms with E-state index in [1.165, 1.54) is 17.3 Å². The summed E-state index contributed by atoms with van der Waals surface area (Å²) in [5.74, 6) is 0. The predicted octanol–water partition coefficient (Wildman–Crippen LogP) is 6.45. The highest BCUT2D eigenvalue weighted by Crippen LogP contribution is 2.35. The number of nitrogens with zero attached hydrogens (tertiary/aromatic N) is 4. The molecule has 2 heterocycles. The van der Waals surface area contributed by atoms with Gasteiger partial charge in [-0.15, -0.1) is 10.2 Å². The van der Waals surface area contributed by atoms with E-state index in [0.717, 1.165) is 43.3 Å². The van der Waals surface area contributed by atoms with E-state index in [4.69, 9.17) is 33.2 Å². The highest BCUT2D eigenvalue weighted by atomic mass is 35.5. The molecule has 2 aromatic carbocycles. The van der Waals surface area contributed by atoms with Gasteiger partial charge in [-0.2, -0.15) is 0 Å². The maximum Gasteiger partial charge on any atom is 0.181 e. The van der Waals surface area contributed by atoms with Gasteiger partial charge in [-0.1, -0.05) is 76.6 Å². The Labute approximate surface area is 185 Å². The van der Waals surface area contributed by atoms with E-state index < -0.39 is 0 Å². The van der Waals surface area contributed by atoms with E-state index in [1.54, 1.807) is 35.2 Å². The molecule has 0 unspecified atom stereocenters. The lowest BCUT2D eigenvalue weighted by Crippen LogP contribution is -2.01. The van der Waals surface area contributed by atoms with Crippen molar-refractivity contribution in [1.29, 1.82) is 0 Å². The van der Waals surface area contributed by atoms with Gasteiger partial charge in [0.15, 0.2) is 8.68 Å². The molecule has 0 N–H and O–H groups in total. The average molecular weight is 465 g/mol. The predicted molar refractivity (Wildman–Crippen MR) is 119 cm³/mol. The number of halogens is 2. The Hall–Kier alpha value is -1.38. The van der Waals surface area contributed by atoms with Crippen LogP contribution in [-0.4, -0.2) is 26.4 Å². The Balaban J connectivity index is 1.71. The topological polar surface area (TPSA) is 51.6 Å². The number of benzene rings is 2. The molecule has 4 nitrogen and oxygen atoms in total. The lowest BCUT2D eigenvalue weighted by molar-refractivity contribution is 0.863. The molecule has 142 valence electrons. The summed E-state index contributed by atoms with van der Waals surface area (Å²) in [4.78, 5) is 9.65. The normalized spacial score (nSPS) is 11.2. The Morgan fingerprint density at radius 3 is 2.25 bits per heavy atom. The number of hydrogen-bond donors (Lipinski definition) is 0. The minimum Gasteiger partial charge on any atom is -0.248 e. The second kappa shape index (κ2) is 8.97. The van der Waals surface area contributed by atoms with Crippen LogP contribution in [0, 0.1) is 0 Å². The third-order valence-electron chi connectivity index (χ3n) is 3.98. The maximum atomic E-state index is 6.18. The fourth-order valence-electron chi connectivity index (χ4n) is 2.63. The van der Waals surface area contributed by atoms with Crippen molar-refractivity contribution >= 4 is 69.1 Å². The molecule has 0 bridgehead atoms. The van der Waals surface area contributed by atoms with Gasteiger partial charge >= 0.3 is 0 Å². The minimum atomic E-state index is 0.469. The average Bonchev–Trinajstić information content (AvgIpc) is 3.16. The summed E-state index contributed by atoms with van der Waals surface area (Å²) in [6, 6.07) is 13.9. The number of aryl methyl sites for hydroxylation is 2.